The van der Waals surface area contributed by atoms with E-state index in [1.165, 1.54) is 5.56 Å². The Balaban J connectivity index is 1.54. The van der Waals surface area contributed by atoms with Crippen LogP contribution >= 0.6 is 0 Å². The third-order valence-corrected chi connectivity index (χ3v) is 3.92. The third-order valence-electron chi connectivity index (χ3n) is 3.92. The van der Waals surface area contributed by atoms with Gasteiger partial charge in [-0.15, -0.1) is 0 Å². The van der Waals surface area contributed by atoms with Crippen molar-refractivity contribution in [2.45, 2.75) is 32.7 Å². The topological polar surface area (TPSA) is 55.1 Å². The van der Waals surface area contributed by atoms with Gasteiger partial charge in [-0.25, -0.2) is 0 Å². The molecule has 4 nitrogen and oxygen atoms in total. The van der Waals surface area contributed by atoms with Gasteiger partial charge in [0.1, 0.15) is 5.69 Å². The second-order valence-electron chi connectivity index (χ2n) is 5.79. The molecule has 0 fully saturated rings. The first-order valence-electron chi connectivity index (χ1n) is 7.67. The monoisotopic (exact) mass is 296 g/mol. The molecule has 1 amide bonds. The summed E-state index contributed by atoms with van der Waals surface area (Å²) in [6, 6.07) is 9.96. The van der Waals surface area contributed by atoms with Crippen molar-refractivity contribution < 1.29 is 9.32 Å². The van der Waals surface area contributed by atoms with E-state index in [0.29, 0.717) is 18.9 Å². The predicted octanol–water partition coefficient (Wildman–Crippen LogP) is 3.62. The molecular weight excluding hydrogens is 276 g/mol. The highest BCUT2D eigenvalue weighted by atomic mass is 16.5. The second kappa shape index (κ2) is 6.60. The van der Waals surface area contributed by atoms with Crippen LogP contribution in [0.4, 0.5) is 0 Å². The summed E-state index contributed by atoms with van der Waals surface area (Å²) >= 11 is 0. The standard InChI is InChI=1S/C18H20N2O2/c1-13-6-8-15(9-7-13)17-11-16(20-22-17)12-19-18(21)10-14-4-2-3-5-14/h2,4,6-9,11,14H,3,5,10,12H2,1H3,(H,19,21). The zero-order valence-electron chi connectivity index (χ0n) is 12.7. The van der Waals surface area contributed by atoms with Crippen LogP contribution in [0.25, 0.3) is 11.3 Å². The van der Waals surface area contributed by atoms with E-state index >= 15 is 0 Å². The van der Waals surface area contributed by atoms with E-state index < -0.39 is 0 Å². The smallest absolute Gasteiger partial charge is 0.220 e. The lowest BCUT2D eigenvalue weighted by molar-refractivity contribution is -0.121. The molecule has 1 atom stereocenters. The summed E-state index contributed by atoms with van der Waals surface area (Å²) in [5.41, 5.74) is 2.94. The molecule has 22 heavy (non-hydrogen) atoms. The van der Waals surface area contributed by atoms with Crippen molar-refractivity contribution in [3.63, 3.8) is 0 Å². The van der Waals surface area contributed by atoms with Crippen LogP contribution < -0.4 is 5.32 Å². The third kappa shape index (κ3) is 3.64. The van der Waals surface area contributed by atoms with Crippen molar-refractivity contribution in [2.24, 2.45) is 5.92 Å². The van der Waals surface area contributed by atoms with Gasteiger partial charge in [0.05, 0.1) is 6.54 Å². The summed E-state index contributed by atoms with van der Waals surface area (Å²) in [4.78, 5) is 11.9. The maximum absolute atomic E-state index is 11.9. The molecule has 0 bridgehead atoms. The largest absolute Gasteiger partial charge is 0.356 e. The molecule has 0 spiro atoms. The fourth-order valence-corrected chi connectivity index (χ4v) is 2.61. The number of carbonyl (C=O) groups is 1. The lowest BCUT2D eigenvalue weighted by atomic mass is 10.1. The Morgan fingerprint density at radius 1 is 1.36 bits per heavy atom. The number of nitrogens with zero attached hydrogens (tertiary/aromatic N) is 1. The van der Waals surface area contributed by atoms with Crippen LogP contribution in [-0.4, -0.2) is 11.1 Å². The summed E-state index contributed by atoms with van der Waals surface area (Å²) in [7, 11) is 0. The van der Waals surface area contributed by atoms with Crippen molar-refractivity contribution >= 4 is 5.91 Å². The van der Waals surface area contributed by atoms with Crippen LogP contribution in [0.2, 0.25) is 0 Å². The molecular formula is C18H20N2O2. The highest BCUT2D eigenvalue weighted by molar-refractivity contribution is 5.76. The van der Waals surface area contributed by atoms with Gasteiger partial charge in [-0.05, 0) is 25.7 Å². The van der Waals surface area contributed by atoms with Crippen LogP contribution in [0.5, 0.6) is 0 Å². The van der Waals surface area contributed by atoms with Crippen LogP contribution in [-0.2, 0) is 11.3 Å². The molecule has 0 saturated carbocycles. The van der Waals surface area contributed by atoms with Gasteiger partial charge in [-0.3, -0.25) is 4.79 Å². The first-order chi connectivity index (χ1) is 10.7. The predicted molar refractivity (Wildman–Crippen MR) is 85.0 cm³/mol. The lowest BCUT2D eigenvalue weighted by Crippen LogP contribution is -2.24. The van der Waals surface area contributed by atoms with E-state index in [4.69, 9.17) is 4.52 Å². The number of amides is 1. The minimum atomic E-state index is 0.0661. The van der Waals surface area contributed by atoms with Gasteiger partial charge in [0.2, 0.25) is 5.91 Å². The van der Waals surface area contributed by atoms with Gasteiger partial charge in [0.15, 0.2) is 5.76 Å². The molecule has 1 aliphatic rings. The molecule has 1 N–H and O–H groups in total. The molecule has 3 rings (SSSR count). The zero-order chi connectivity index (χ0) is 15.4. The van der Waals surface area contributed by atoms with Crippen molar-refractivity contribution in [2.75, 3.05) is 0 Å². The quantitative estimate of drug-likeness (QED) is 0.857. The van der Waals surface area contributed by atoms with Crippen molar-refractivity contribution in [1.29, 1.82) is 0 Å². The zero-order valence-corrected chi connectivity index (χ0v) is 12.7. The number of rotatable bonds is 5. The Hall–Kier alpha value is -2.36. The Kier molecular flexibility index (Phi) is 4.37. The van der Waals surface area contributed by atoms with E-state index in [1.54, 1.807) is 0 Å². The molecule has 0 aliphatic heterocycles. The fraction of sp³-hybridized carbons (Fsp3) is 0.333. The average molecular weight is 296 g/mol. The number of hydrogen-bond acceptors (Lipinski definition) is 3. The van der Waals surface area contributed by atoms with Crippen LogP contribution in [0, 0.1) is 12.8 Å². The minimum absolute atomic E-state index is 0.0661. The summed E-state index contributed by atoms with van der Waals surface area (Å²) in [5, 5.41) is 6.92. The van der Waals surface area contributed by atoms with Gasteiger partial charge < -0.3 is 9.84 Å². The molecule has 0 saturated heterocycles. The maximum Gasteiger partial charge on any atom is 0.220 e. The average Bonchev–Trinajstić information content (AvgIpc) is 3.17. The van der Waals surface area contributed by atoms with E-state index in [1.807, 2.05) is 37.3 Å². The van der Waals surface area contributed by atoms with E-state index in [9.17, 15) is 4.79 Å². The summed E-state index contributed by atoms with van der Waals surface area (Å²) in [6.45, 7) is 2.45. The fourth-order valence-electron chi connectivity index (χ4n) is 2.61. The Bertz CT molecular complexity index is 671. The SMILES string of the molecule is Cc1ccc(-c2cc(CNC(=O)CC3C=CCC3)no2)cc1. The van der Waals surface area contributed by atoms with Gasteiger partial charge >= 0.3 is 0 Å². The molecule has 1 aromatic heterocycles. The first-order valence-corrected chi connectivity index (χ1v) is 7.67. The highest BCUT2D eigenvalue weighted by Crippen LogP contribution is 2.21. The van der Waals surface area contributed by atoms with Crippen LogP contribution in [0.15, 0.2) is 47.0 Å². The first kappa shape index (κ1) is 14.6. The molecule has 1 unspecified atom stereocenters. The lowest BCUT2D eigenvalue weighted by Gasteiger charge is -2.07. The van der Waals surface area contributed by atoms with Gasteiger partial charge in [0, 0.05) is 18.1 Å². The summed E-state index contributed by atoms with van der Waals surface area (Å²) in [6.07, 6.45) is 6.99. The molecule has 1 aliphatic carbocycles. The molecule has 2 aromatic rings. The Morgan fingerprint density at radius 2 is 2.18 bits per heavy atom. The van der Waals surface area contributed by atoms with Crippen LogP contribution in [0.3, 0.4) is 0 Å². The number of nitrogens with one attached hydrogen (secondary N) is 1. The molecule has 0 radical (unpaired) electrons. The Morgan fingerprint density at radius 3 is 2.91 bits per heavy atom. The molecule has 4 heteroatoms. The van der Waals surface area contributed by atoms with Crippen molar-refractivity contribution in [1.82, 2.24) is 10.5 Å². The second-order valence-corrected chi connectivity index (χ2v) is 5.79. The van der Waals surface area contributed by atoms with Crippen LogP contribution in [0.1, 0.15) is 30.5 Å². The number of aryl methyl sites for hydroxylation is 1. The summed E-state index contributed by atoms with van der Waals surface area (Å²) in [5.74, 6) is 1.18. The van der Waals surface area contributed by atoms with Crippen molar-refractivity contribution in [3.8, 4) is 11.3 Å². The van der Waals surface area contributed by atoms with Gasteiger partial charge in [-0.2, -0.15) is 0 Å². The number of carbonyl (C=O) groups excluding carboxylic acids is 1. The number of allylic oxidation sites excluding steroid dienone is 2. The highest BCUT2D eigenvalue weighted by Gasteiger charge is 2.14. The van der Waals surface area contributed by atoms with E-state index in [0.717, 1.165) is 29.9 Å². The summed E-state index contributed by atoms with van der Waals surface area (Å²) < 4.78 is 5.34. The molecule has 1 heterocycles. The van der Waals surface area contributed by atoms with Gasteiger partial charge in [-0.1, -0.05) is 47.1 Å². The Labute approximate surface area is 130 Å². The minimum Gasteiger partial charge on any atom is -0.356 e. The van der Waals surface area contributed by atoms with E-state index in [-0.39, 0.29) is 5.91 Å². The number of hydrogen-bond donors (Lipinski definition) is 1. The molecule has 1 aromatic carbocycles. The number of aromatic nitrogens is 1. The normalized spacial score (nSPS) is 16.9. The van der Waals surface area contributed by atoms with Gasteiger partial charge in [0.25, 0.3) is 0 Å². The molecule has 114 valence electrons. The van der Waals surface area contributed by atoms with Crippen molar-refractivity contribution in [3.05, 3.63) is 53.7 Å². The van der Waals surface area contributed by atoms with E-state index in [2.05, 4.69) is 22.6 Å². The maximum atomic E-state index is 11.9. The number of benzene rings is 1.